The van der Waals surface area contributed by atoms with Crippen molar-refractivity contribution in [2.75, 3.05) is 26.3 Å². The third-order valence-corrected chi connectivity index (χ3v) is 4.11. The molecular formula is C16H16F4N2O5. The Morgan fingerprint density at radius 2 is 2.07 bits per heavy atom. The first-order valence-electron chi connectivity index (χ1n) is 8.04. The van der Waals surface area contributed by atoms with Crippen LogP contribution in [0.1, 0.15) is 11.1 Å². The maximum atomic E-state index is 13.7. The molecule has 0 unspecified atom stereocenters. The Labute approximate surface area is 151 Å². The molecule has 1 N–H and O–H groups in total. The molecule has 2 heterocycles. The molecule has 0 aliphatic carbocycles. The van der Waals surface area contributed by atoms with E-state index in [1.165, 1.54) is 4.90 Å². The summed E-state index contributed by atoms with van der Waals surface area (Å²) in [6.07, 6.45) is -6.13. The minimum Gasteiger partial charge on any atom is -0.447 e. The number of cyclic esters (lactones) is 1. The Bertz CT molecular complexity index is 721. The van der Waals surface area contributed by atoms with Crippen LogP contribution in [0, 0.1) is 5.82 Å². The zero-order valence-electron chi connectivity index (χ0n) is 13.9. The van der Waals surface area contributed by atoms with E-state index in [1.54, 1.807) is 0 Å². The van der Waals surface area contributed by atoms with Gasteiger partial charge < -0.3 is 24.4 Å². The molecule has 0 bridgehead atoms. The molecule has 0 spiro atoms. The van der Waals surface area contributed by atoms with Crippen LogP contribution in [0.4, 0.5) is 27.2 Å². The van der Waals surface area contributed by atoms with Crippen LogP contribution in [0.5, 0.6) is 0 Å². The third-order valence-electron chi connectivity index (χ3n) is 4.11. The summed E-state index contributed by atoms with van der Waals surface area (Å²) in [5.41, 5.74) is -1.06. The molecule has 0 radical (unpaired) electrons. The molecule has 3 rings (SSSR count). The summed E-state index contributed by atoms with van der Waals surface area (Å²) in [5, 5.41) is 2.46. The van der Waals surface area contributed by atoms with Crippen molar-refractivity contribution in [1.82, 2.24) is 10.2 Å². The highest BCUT2D eigenvalue weighted by molar-refractivity contribution is 5.70. The van der Waals surface area contributed by atoms with Crippen molar-refractivity contribution in [3.8, 4) is 0 Å². The van der Waals surface area contributed by atoms with Gasteiger partial charge in [-0.3, -0.25) is 0 Å². The first-order valence-corrected chi connectivity index (χ1v) is 8.04. The SMILES string of the molecule is O=C1N[C@@H](COC(=O)N2CC(OCc3ccc(C(F)(F)F)cc3F)C2)CO1. The van der Waals surface area contributed by atoms with Gasteiger partial charge in [0.1, 0.15) is 25.1 Å². The maximum absolute atomic E-state index is 13.7. The number of nitrogens with zero attached hydrogens (tertiary/aromatic N) is 1. The second kappa shape index (κ2) is 7.59. The van der Waals surface area contributed by atoms with Crippen LogP contribution in [0.2, 0.25) is 0 Å². The number of ether oxygens (including phenoxy) is 3. The molecule has 0 saturated carbocycles. The van der Waals surface area contributed by atoms with E-state index >= 15 is 0 Å². The van der Waals surface area contributed by atoms with Gasteiger partial charge in [0, 0.05) is 5.56 Å². The van der Waals surface area contributed by atoms with Crippen molar-refractivity contribution < 1.29 is 41.4 Å². The number of hydrogen-bond donors (Lipinski definition) is 1. The lowest BCUT2D eigenvalue weighted by Crippen LogP contribution is -2.55. The zero-order valence-corrected chi connectivity index (χ0v) is 13.9. The molecule has 7 nitrogen and oxygen atoms in total. The number of carbonyl (C=O) groups excluding carboxylic acids is 2. The van der Waals surface area contributed by atoms with E-state index in [-0.39, 0.29) is 44.6 Å². The van der Waals surface area contributed by atoms with Crippen LogP contribution in [0.15, 0.2) is 18.2 Å². The summed E-state index contributed by atoms with van der Waals surface area (Å²) in [6, 6.07) is 1.85. The monoisotopic (exact) mass is 392 g/mol. The second-order valence-corrected chi connectivity index (χ2v) is 6.16. The van der Waals surface area contributed by atoms with E-state index < -0.39 is 35.8 Å². The number of nitrogens with one attached hydrogen (secondary N) is 1. The zero-order chi connectivity index (χ0) is 19.6. The van der Waals surface area contributed by atoms with Gasteiger partial charge in [0.15, 0.2) is 0 Å². The Morgan fingerprint density at radius 3 is 2.67 bits per heavy atom. The average molecular weight is 392 g/mol. The van der Waals surface area contributed by atoms with Gasteiger partial charge in [-0.1, -0.05) is 6.07 Å². The summed E-state index contributed by atoms with van der Waals surface area (Å²) in [4.78, 5) is 24.0. The van der Waals surface area contributed by atoms with E-state index in [4.69, 9.17) is 9.47 Å². The highest BCUT2D eigenvalue weighted by Gasteiger charge is 2.34. The number of alkyl halides is 3. The molecule has 0 aromatic heterocycles. The van der Waals surface area contributed by atoms with E-state index in [9.17, 15) is 27.2 Å². The van der Waals surface area contributed by atoms with E-state index in [2.05, 4.69) is 10.1 Å². The normalized spacial score (nSPS) is 20.1. The number of alkyl carbamates (subject to hydrolysis) is 1. The van der Waals surface area contributed by atoms with Crippen molar-refractivity contribution in [1.29, 1.82) is 0 Å². The summed E-state index contributed by atoms with van der Waals surface area (Å²) in [5.74, 6) is -0.999. The van der Waals surface area contributed by atoms with Crippen molar-refractivity contribution >= 4 is 12.2 Å². The highest BCUT2D eigenvalue weighted by atomic mass is 19.4. The lowest BCUT2D eigenvalue weighted by atomic mass is 10.1. The molecule has 1 atom stereocenters. The number of likely N-dealkylation sites (tertiary alicyclic amines) is 1. The largest absolute Gasteiger partial charge is 0.447 e. The van der Waals surface area contributed by atoms with Crippen LogP contribution in [-0.4, -0.2) is 55.5 Å². The lowest BCUT2D eigenvalue weighted by molar-refractivity contribution is -0.137. The van der Waals surface area contributed by atoms with Crippen LogP contribution >= 0.6 is 0 Å². The van der Waals surface area contributed by atoms with Gasteiger partial charge >= 0.3 is 18.4 Å². The Kier molecular flexibility index (Phi) is 5.40. The Balaban J connectivity index is 1.38. The summed E-state index contributed by atoms with van der Waals surface area (Å²) < 4.78 is 66.3. The predicted molar refractivity (Wildman–Crippen MR) is 81.2 cm³/mol. The second-order valence-electron chi connectivity index (χ2n) is 6.16. The maximum Gasteiger partial charge on any atom is 0.416 e. The molecular weight excluding hydrogens is 376 g/mol. The average Bonchev–Trinajstić information content (AvgIpc) is 2.97. The van der Waals surface area contributed by atoms with Gasteiger partial charge in [-0.05, 0) is 12.1 Å². The standard InChI is InChI=1S/C16H16F4N2O5/c17-13-3-10(16(18,19)20)2-1-9(13)6-25-12-4-22(5-12)15(24)27-8-11-7-26-14(23)21-11/h1-3,11-12H,4-8H2,(H,21,23)/t11-/m1/s1. The Morgan fingerprint density at radius 1 is 1.33 bits per heavy atom. The van der Waals surface area contributed by atoms with Gasteiger partial charge in [-0.2, -0.15) is 13.2 Å². The van der Waals surface area contributed by atoms with E-state index in [1.807, 2.05) is 0 Å². The number of amides is 2. The number of halogens is 4. The molecule has 11 heteroatoms. The molecule has 1 aromatic rings. The fraction of sp³-hybridized carbons (Fsp3) is 0.500. The van der Waals surface area contributed by atoms with Crippen molar-refractivity contribution in [3.63, 3.8) is 0 Å². The molecule has 2 aliphatic heterocycles. The van der Waals surface area contributed by atoms with E-state index in [0.717, 1.165) is 12.1 Å². The lowest BCUT2D eigenvalue weighted by Gasteiger charge is -2.38. The summed E-state index contributed by atoms with van der Waals surface area (Å²) >= 11 is 0. The minimum atomic E-state index is -4.61. The first-order chi connectivity index (χ1) is 12.7. The topological polar surface area (TPSA) is 77.1 Å². The smallest absolute Gasteiger partial charge is 0.416 e. The van der Waals surface area contributed by atoms with Crippen LogP contribution in [-0.2, 0) is 27.0 Å². The molecule has 2 amide bonds. The number of carbonyl (C=O) groups is 2. The highest BCUT2D eigenvalue weighted by Crippen LogP contribution is 2.30. The van der Waals surface area contributed by atoms with Gasteiger partial charge in [0.25, 0.3) is 0 Å². The molecule has 27 heavy (non-hydrogen) atoms. The fourth-order valence-corrected chi connectivity index (χ4v) is 2.52. The quantitative estimate of drug-likeness (QED) is 0.779. The molecule has 2 fully saturated rings. The Hall–Kier alpha value is -2.56. The van der Waals surface area contributed by atoms with Gasteiger partial charge in [0.2, 0.25) is 0 Å². The van der Waals surface area contributed by atoms with Crippen LogP contribution in [0.25, 0.3) is 0 Å². The number of rotatable bonds is 5. The summed E-state index contributed by atoms with van der Waals surface area (Å²) in [7, 11) is 0. The predicted octanol–water partition coefficient (Wildman–Crippen LogP) is 2.29. The van der Waals surface area contributed by atoms with Crippen molar-refractivity contribution in [3.05, 3.63) is 35.1 Å². The molecule has 2 saturated heterocycles. The van der Waals surface area contributed by atoms with E-state index in [0.29, 0.717) is 6.07 Å². The summed E-state index contributed by atoms with van der Waals surface area (Å²) in [6.45, 7) is 0.325. The molecule has 148 valence electrons. The van der Waals surface area contributed by atoms with Gasteiger partial charge in [0.05, 0.1) is 31.4 Å². The van der Waals surface area contributed by atoms with Crippen molar-refractivity contribution in [2.45, 2.75) is 24.9 Å². The van der Waals surface area contributed by atoms with Crippen LogP contribution < -0.4 is 5.32 Å². The van der Waals surface area contributed by atoms with Crippen molar-refractivity contribution in [2.24, 2.45) is 0 Å². The van der Waals surface area contributed by atoms with Crippen LogP contribution in [0.3, 0.4) is 0 Å². The third kappa shape index (κ3) is 4.79. The molecule has 1 aromatic carbocycles. The first kappa shape index (κ1) is 19.2. The number of hydrogen-bond acceptors (Lipinski definition) is 5. The number of benzene rings is 1. The minimum absolute atomic E-state index is 0.000927. The van der Waals surface area contributed by atoms with Gasteiger partial charge in [-0.25, -0.2) is 14.0 Å². The van der Waals surface area contributed by atoms with Gasteiger partial charge in [-0.15, -0.1) is 0 Å². The fourth-order valence-electron chi connectivity index (χ4n) is 2.52. The molecule has 2 aliphatic rings.